The van der Waals surface area contributed by atoms with Gasteiger partial charge in [0, 0.05) is 0 Å². The van der Waals surface area contributed by atoms with Crippen LogP contribution < -0.4 is 0 Å². The lowest BCUT2D eigenvalue weighted by molar-refractivity contribution is -0.137. The van der Waals surface area contributed by atoms with Crippen molar-refractivity contribution in [2.24, 2.45) is 0 Å². The highest BCUT2D eigenvalue weighted by Gasteiger charge is 2.30. The van der Waals surface area contributed by atoms with Crippen molar-refractivity contribution in [3.63, 3.8) is 0 Å². The first-order valence-electron chi connectivity index (χ1n) is 6.50. The third-order valence-corrected chi connectivity index (χ3v) is 6.36. The highest BCUT2D eigenvalue weighted by molar-refractivity contribution is 7.92. The number of fused-ring (bicyclic) bond motifs is 1. The van der Waals surface area contributed by atoms with E-state index in [0.29, 0.717) is 5.52 Å². The third-order valence-electron chi connectivity index (χ3n) is 3.18. The first kappa shape index (κ1) is 15.9. The van der Waals surface area contributed by atoms with Crippen molar-refractivity contribution in [3.05, 3.63) is 59.7 Å². The Kier molecular flexibility index (Phi) is 3.89. The minimum absolute atomic E-state index is 0.0291. The molecular weight excluding hydrogens is 347 g/mol. The average molecular weight is 357 g/mol. The van der Waals surface area contributed by atoms with Crippen molar-refractivity contribution < 1.29 is 21.6 Å². The van der Waals surface area contributed by atoms with Gasteiger partial charge in [0.05, 0.1) is 21.5 Å². The number of hydrogen-bond donors (Lipinski definition) is 0. The Morgan fingerprint density at radius 2 is 1.65 bits per heavy atom. The Hall–Kier alpha value is -1.93. The SMILES string of the molecule is O=S(=O)(Cc1ccc(C(F)(F)F)cc1)c1nc2ccccc2s1. The van der Waals surface area contributed by atoms with Crippen LogP contribution in [-0.2, 0) is 21.8 Å². The Labute approximate surface area is 134 Å². The van der Waals surface area contributed by atoms with Gasteiger partial charge in [0.25, 0.3) is 0 Å². The molecule has 0 spiro atoms. The largest absolute Gasteiger partial charge is 0.416 e. The van der Waals surface area contributed by atoms with Crippen molar-refractivity contribution in [1.82, 2.24) is 4.98 Å². The summed E-state index contributed by atoms with van der Waals surface area (Å²) in [6.45, 7) is 0. The van der Waals surface area contributed by atoms with E-state index in [2.05, 4.69) is 4.98 Å². The van der Waals surface area contributed by atoms with E-state index in [-0.39, 0.29) is 15.7 Å². The van der Waals surface area contributed by atoms with Crippen LogP contribution in [0, 0.1) is 0 Å². The molecule has 0 saturated carbocycles. The maximum absolute atomic E-state index is 12.5. The number of thiazole rings is 1. The molecule has 0 N–H and O–H groups in total. The van der Waals surface area contributed by atoms with Crippen LogP contribution in [-0.4, -0.2) is 13.4 Å². The van der Waals surface area contributed by atoms with Gasteiger partial charge in [-0.25, -0.2) is 13.4 Å². The van der Waals surface area contributed by atoms with Gasteiger partial charge < -0.3 is 0 Å². The van der Waals surface area contributed by atoms with E-state index in [4.69, 9.17) is 0 Å². The van der Waals surface area contributed by atoms with E-state index in [1.165, 1.54) is 12.1 Å². The molecule has 1 heterocycles. The van der Waals surface area contributed by atoms with Crippen LogP contribution in [0.15, 0.2) is 52.9 Å². The van der Waals surface area contributed by atoms with Crippen LogP contribution in [0.1, 0.15) is 11.1 Å². The quantitative estimate of drug-likeness (QED) is 0.703. The van der Waals surface area contributed by atoms with Gasteiger partial charge in [0.2, 0.25) is 14.2 Å². The van der Waals surface area contributed by atoms with Crippen molar-refractivity contribution in [1.29, 1.82) is 0 Å². The maximum atomic E-state index is 12.5. The van der Waals surface area contributed by atoms with Gasteiger partial charge in [-0.2, -0.15) is 13.2 Å². The van der Waals surface area contributed by atoms with Gasteiger partial charge >= 0.3 is 6.18 Å². The van der Waals surface area contributed by atoms with Crippen LogP contribution >= 0.6 is 11.3 Å². The number of hydrogen-bond acceptors (Lipinski definition) is 4. The Bertz CT molecular complexity index is 912. The van der Waals surface area contributed by atoms with Gasteiger partial charge in [-0.05, 0) is 29.8 Å². The molecular formula is C15H10F3NO2S2. The lowest BCUT2D eigenvalue weighted by atomic mass is 10.1. The van der Waals surface area contributed by atoms with Crippen molar-refractivity contribution in [3.8, 4) is 0 Å². The van der Waals surface area contributed by atoms with Crippen molar-refractivity contribution in [2.75, 3.05) is 0 Å². The Morgan fingerprint density at radius 3 is 2.26 bits per heavy atom. The molecule has 0 bridgehead atoms. The zero-order valence-corrected chi connectivity index (χ0v) is 13.2. The molecule has 1 aromatic heterocycles. The summed E-state index contributed by atoms with van der Waals surface area (Å²) in [4.78, 5) is 4.09. The molecule has 8 heteroatoms. The van der Waals surface area contributed by atoms with Gasteiger partial charge in [0.15, 0.2) is 0 Å². The predicted octanol–water partition coefficient (Wildman–Crippen LogP) is 4.29. The number of rotatable bonds is 3. The molecule has 0 atom stereocenters. The van der Waals surface area contributed by atoms with Crippen LogP contribution in [0.25, 0.3) is 10.2 Å². The molecule has 0 fully saturated rings. The molecule has 0 saturated heterocycles. The average Bonchev–Trinajstić information content (AvgIpc) is 2.91. The molecule has 2 aromatic carbocycles. The summed E-state index contributed by atoms with van der Waals surface area (Å²) in [5.74, 6) is -0.384. The smallest absolute Gasteiger partial charge is 0.225 e. The molecule has 0 aliphatic rings. The van der Waals surface area contributed by atoms with Gasteiger partial charge in [-0.3, -0.25) is 0 Å². The number of nitrogens with zero attached hydrogens (tertiary/aromatic N) is 1. The summed E-state index contributed by atoms with van der Waals surface area (Å²) >= 11 is 1.05. The molecule has 3 nitrogen and oxygen atoms in total. The van der Waals surface area contributed by atoms with E-state index in [0.717, 1.165) is 28.2 Å². The summed E-state index contributed by atoms with van der Waals surface area (Å²) in [5, 5.41) is 0. The minimum Gasteiger partial charge on any atom is -0.225 e. The zero-order chi connectivity index (χ0) is 16.7. The first-order valence-corrected chi connectivity index (χ1v) is 8.97. The second-order valence-electron chi connectivity index (χ2n) is 4.90. The molecule has 0 unspecified atom stereocenters. The van der Waals surface area contributed by atoms with Gasteiger partial charge in [0.1, 0.15) is 0 Å². The number of benzene rings is 2. The number of alkyl halides is 3. The Balaban J connectivity index is 1.88. The van der Waals surface area contributed by atoms with Crippen molar-refractivity contribution in [2.45, 2.75) is 16.3 Å². The monoisotopic (exact) mass is 357 g/mol. The summed E-state index contributed by atoms with van der Waals surface area (Å²) in [6.07, 6.45) is -4.44. The van der Waals surface area contributed by atoms with E-state index >= 15 is 0 Å². The summed E-state index contributed by atoms with van der Waals surface area (Å²) < 4.78 is 63.0. The van der Waals surface area contributed by atoms with Gasteiger partial charge in [-0.15, -0.1) is 11.3 Å². The normalized spacial score (nSPS) is 12.7. The highest BCUT2D eigenvalue weighted by atomic mass is 32.2. The topological polar surface area (TPSA) is 47.0 Å². The third kappa shape index (κ3) is 3.37. The number of halogens is 3. The van der Waals surface area contributed by atoms with E-state index in [1.54, 1.807) is 24.3 Å². The second-order valence-corrected chi connectivity index (χ2v) is 8.10. The fourth-order valence-corrected chi connectivity index (χ4v) is 4.70. The lowest BCUT2D eigenvalue weighted by Crippen LogP contribution is -2.07. The van der Waals surface area contributed by atoms with E-state index < -0.39 is 21.6 Å². The molecule has 0 amide bonds. The number of sulfone groups is 1. The molecule has 0 aliphatic carbocycles. The molecule has 3 aromatic rings. The Morgan fingerprint density at radius 1 is 1.00 bits per heavy atom. The van der Waals surface area contributed by atoms with Crippen LogP contribution in [0.4, 0.5) is 13.2 Å². The molecule has 23 heavy (non-hydrogen) atoms. The number of para-hydroxylation sites is 1. The highest BCUT2D eigenvalue weighted by Crippen LogP contribution is 2.30. The van der Waals surface area contributed by atoms with E-state index in [1.807, 2.05) is 0 Å². The minimum atomic E-state index is -4.44. The second kappa shape index (κ2) is 5.61. The molecule has 120 valence electrons. The molecule has 0 aliphatic heterocycles. The van der Waals surface area contributed by atoms with Crippen LogP contribution in [0.2, 0.25) is 0 Å². The predicted molar refractivity (Wildman–Crippen MR) is 82.0 cm³/mol. The zero-order valence-electron chi connectivity index (χ0n) is 11.5. The fourth-order valence-electron chi connectivity index (χ4n) is 2.06. The van der Waals surface area contributed by atoms with E-state index in [9.17, 15) is 21.6 Å². The molecule has 0 radical (unpaired) electrons. The maximum Gasteiger partial charge on any atom is 0.416 e. The van der Waals surface area contributed by atoms with Crippen LogP contribution in [0.5, 0.6) is 0 Å². The first-order chi connectivity index (χ1) is 10.8. The fraction of sp³-hybridized carbons (Fsp3) is 0.133. The van der Waals surface area contributed by atoms with Crippen LogP contribution in [0.3, 0.4) is 0 Å². The number of aromatic nitrogens is 1. The summed E-state index contributed by atoms with van der Waals surface area (Å²) in [6, 6.07) is 11.1. The summed E-state index contributed by atoms with van der Waals surface area (Å²) in [5.41, 5.74) is 0.0689. The summed E-state index contributed by atoms with van der Waals surface area (Å²) in [7, 11) is -3.70. The van der Waals surface area contributed by atoms with Gasteiger partial charge in [-0.1, -0.05) is 24.3 Å². The molecule has 3 rings (SSSR count). The standard InChI is InChI=1S/C15H10F3NO2S2/c16-15(17,18)11-7-5-10(6-8-11)9-23(20,21)14-19-12-3-1-2-4-13(12)22-14/h1-8H,9H2. The lowest BCUT2D eigenvalue weighted by Gasteiger charge is -2.07. The van der Waals surface area contributed by atoms with Crippen molar-refractivity contribution >= 4 is 31.4 Å².